The van der Waals surface area contributed by atoms with Crippen molar-refractivity contribution in [2.75, 3.05) is 33.5 Å². The maximum Gasteiger partial charge on any atom is 0.406 e. The van der Waals surface area contributed by atoms with Crippen molar-refractivity contribution in [2.45, 2.75) is 51.4 Å². The van der Waals surface area contributed by atoms with E-state index in [1.807, 2.05) is 30.3 Å². The largest absolute Gasteiger partial charge is 0.449 e. The van der Waals surface area contributed by atoms with Gasteiger partial charge in [-0.15, -0.1) is 0 Å². The molecule has 1 atom stereocenters. The highest BCUT2D eigenvalue weighted by Gasteiger charge is 2.33. The van der Waals surface area contributed by atoms with Crippen molar-refractivity contribution in [3.63, 3.8) is 0 Å². The molecule has 0 spiro atoms. The summed E-state index contributed by atoms with van der Waals surface area (Å²) in [5.41, 5.74) is 5.57. The second-order valence-corrected chi connectivity index (χ2v) is 8.86. The fourth-order valence-electron chi connectivity index (χ4n) is 4.46. The van der Waals surface area contributed by atoms with Crippen LogP contribution >= 0.6 is 0 Å². The van der Waals surface area contributed by atoms with Crippen LogP contribution in [0.4, 0.5) is 4.79 Å². The van der Waals surface area contributed by atoms with Crippen molar-refractivity contribution < 1.29 is 29.0 Å². The number of aliphatic hydroxyl groups excluding tert-OH is 1. The van der Waals surface area contributed by atoms with Crippen LogP contribution in [-0.4, -0.2) is 56.2 Å². The van der Waals surface area contributed by atoms with E-state index in [1.54, 1.807) is 6.92 Å². The summed E-state index contributed by atoms with van der Waals surface area (Å²) in [5.74, 6) is 0.0102. The molecule has 0 saturated heterocycles. The molecule has 35 heavy (non-hydrogen) atoms. The number of carbonyl (C=O) groups excluding carboxylic acids is 3. The van der Waals surface area contributed by atoms with E-state index in [0.29, 0.717) is 44.5 Å². The van der Waals surface area contributed by atoms with Gasteiger partial charge in [0.05, 0.1) is 0 Å². The van der Waals surface area contributed by atoms with E-state index < -0.39 is 6.09 Å². The summed E-state index contributed by atoms with van der Waals surface area (Å²) >= 11 is 0. The lowest BCUT2D eigenvalue weighted by Gasteiger charge is -2.15. The first-order valence-electron chi connectivity index (χ1n) is 12.3. The molecule has 1 unspecified atom stereocenters. The Balaban J connectivity index is 1.82. The predicted octanol–water partition coefficient (Wildman–Crippen LogP) is 4.43. The van der Waals surface area contributed by atoms with E-state index in [1.165, 1.54) is 7.05 Å². The molecule has 2 N–H and O–H groups in total. The van der Waals surface area contributed by atoms with Crippen LogP contribution in [0, 0.1) is 0 Å². The molecule has 0 heterocycles. The van der Waals surface area contributed by atoms with Crippen LogP contribution in [0.15, 0.2) is 36.4 Å². The fourth-order valence-corrected chi connectivity index (χ4v) is 4.46. The Morgan fingerprint density at radius 3 is 2.54 bits per heavy atom. The van der Waals surface area contributed by atoms with E-state index >= 15 is 0 Å². The molecule has 0 saturated carbocycles. The molecule has 0 fully saturated rings. The van der Waals surface area contributed by atoms with Gasteiger partial charge in [-0.05, 0) is 60.4 Å². The van der Waals surface area contributed by atoms with E-state index in [0.717, 1.165) is 40.7 Å². The highest BCUT2D eigenvalue weighted by molar-refractivity contribution is 6.04. The number of fused-ring (bicyclic) bond motifs is 3. The molecule has 2 aromatic rings. The molecule has 1 amide bonds. The Bertz CT molecular complexity index is 1050. The Morgan fingerprint density at radius 2 is 1.80 bits per heavy atom. The summed E-state index contributed by atoms with van der Waals surface area (Å²) in [4.78, 5) is 36.5. The Hall–Kier alpha value is -3.03. The number of amides is 1. The lowest BCUT2D eigenvalue weighted by atomic mass is 9.93. The van der Waals surface area contributed by atoms with Crippen LogP contribution in [-0.2, 0) is 20.7 Å². The first-order valence-corrected chi connectivity index (χ1v) is 12.3. The van der Waals surface area contributed by atoms with Gasteiger partial charge in [0.15, 0.2) is 5.78 Å². The number of carbonyl (C=O) groups is 3. The second kappa shape index (κ2) is 13.2. The summed E-state index contributed by atoms with van der Waals surface area (Å²) in [6.45, 7) is 3.00. The van der Waals surface area contributed by atoms with Crippen LogP contribution in [0.25, 0.3) is 11.1 Å². The van der Waals surface area contributed by atoms with E-state index in [4.69, 9.17) is 14.6 Å². The van der Waals surface area contributed by atoms with Gasteiger partial charge < -0.3 is 24.7 Å². The third kappa shape index (κ3) is 6.99. The first kappa shape index (κ1) is 26.6. The van der Waals surface area contributed by atoms with Crippen molar-refractivity contribution in [3.8, 4) is 11.1 Å². The number of ether oxygens (including phenoxy) is 2. The maximum absolute atomic E-state index is 13.2. The van der Waals surface area contributed by atoms with Crippen LogP contribution in [0.1, 0.15) is 72.0 Å². The SMILES string of the molecule is CNC(=O)OCC1c2cc(CCC(C)=O)ccc2-c2c(C(=O)CCCOCCCCO)cccc21. The predicted molar refractivity (Wildman–Crippen MR) is 134 cm³/mol. The molecule has 3 rings (SSSR count). The van der Waals surface area contributed by atoms with Gasteiger partial charge >= 0.3 is 6.09 Å². The van der Waals surface area contributed by atoms with Gasteiger partial charge in [-0.2, -0.15) is 0 Å². The minimum absolute atomic E-state index is 0.0558. The Kier molecular flexibility index (Phi) is 9.99. The molecule has 1 aliphatic carbocycles. The molecule has 0 aromatic heterocycles. The Labute approximate surface area is 206 Å². The van der Waals surface area contributed by atoms with Crippen molar-refractivity contribution in [3.05, 3.63) is 58.7 Å². The number of nitrogens with one attached hydrogen (secondary N) is 1. The smallest absolute Gasteiger partial charge is 0.406 e. The summed E-state index contributed by atoms with van der Waals surface area (Å²) in [7, 11) is 1.52. The van der Waals surface area contributed by atoms with Gasteiger partial charge in [0.2, 0.25) is 0 Å². The summed E-state index contributed by atoms with van der Waals surface area (Å²) in [5, 5.41) is 11.3. The molecule has 0 radical (unpaired) electrons. The van der Waals surface area contributed by atoms with Crippen molar-refractivity contribution in [2.24, 2.45) is 0 Å². The van der Waals surface area contributed by atoms with Gasteiger partial charge in [-0.25, -0.2) is 4.79 Å². The van der Waals surface area contributed by atoms with Gasteiger partial charge in [0.1, 0.15) is 12.4 Å². The number of aryl methyl sites for hydroxylation is 1. The quantitative estimate of drug-likeness (QED) is 0.306. The topological polar surface area (TPSA) is 102 Å². The molecule has 7 nitrogen and oxygen atoms in total. The maximum atomic E-state index is 13.2. The number of unbranched alkanes of at least 4 members (excludes halogenated alkanes) is 1. The van der Waals surface area contributed by atoms with Gasteiger partial charge in [0.25, 0.3) is 0 Å². The second-order valence-electron chi connectivity index (χ2n) is 8.86. The monoisotopic (exact) mass is 481 g/mol. The molecule has 0 aliphatic heterocycles. The molecule has 2 aromatic carbocycles. The standard InChI is InChI=1S/C28H35NO6/c1-19(31)10-11-20-12-13-22-24(17-20)25(18-35-28(33)29-2)21-7-5-8-23(27(21)22)26(32)9-6-16-34-15-4-3-14-30/h5,7-8,12-13,17,25,30H,3-4,6,9-11,14-16,18H2,1-2H3,(H,29,33). The molecule has 0 bridgehead atoms. The molecular weight excluding hydrogens is 446 g/mol. The number of rotatable bonds is 14. The lowest BCUT2D eigenvalue weighted by molar-refractivity contribution is -0.116. The number of hydrogen-bond donors (Lipinski definition) is 2. The Morgan fingerprint density at radius 1 is 1.00 bits per heavy atom. The molecule has 1 aliphatic rings. The average Bonchev–Trinajstić information content (AvgIpc) is 3.18. The van der Waals surface area contributed by atoms with Crippen molar-refractivity contribution in [1.29, 1.82) is 0 Å². The zero-order chi connectivity index (χ0) is 25.2. The average molecular weight is 482 g/mol. The minimum atomic E-state index is -0.501. The number of aliphatic hydroxyl groups is 1. The fraction of sp³-hybridized carbons (Fsp3) is 0.464. The number of hydrogen-bond acceptors (Lipinski definition) is 6. The van der Waals surface area contributed by atoms with Crippen LogP contribution in [0.3, 0.4) is 0 Å². The van der Waals surface area contributed by atoms with Crippen LogP contribution < -0.4 is 5.32 Å². The first-order chi connectivity index (χ1) is 17.0. The molecular formula is C28H35NO6. The summed E-state index contributed by atoms with van der Waals surface area (Å²) < 4.78 is 11.0. The lowest BCUT2D eigenvalue weighted by Crippen LogP contribution is -2.22. The molecule has 7 heteroatoms. The van der Waals surface area contributed by atoms with Gasteiger partial charge in [-0.3, -0.25) is 4.79 Å². The van der Waals surface area contributed by atoms with Crippen LogP contribution in [0.5, 0.6) is 0 Å². The summed E-state index contributed by atoms with van der Waals surface area (Å²) in [6, 6.07) is 11.8. The zero-order valence-corrected chi connectivity index (χ0v) is 20.6. The van der Waals surface area contributed by atoms with Gasteiger partial charge in [0, 0.05) is 51.2 Å². The number of benzene rings is 2. The third-order valence-electron chi connectivity index (χ3n) is 6.27. The number of ketones is 2. The normalized spacial score (nSPS) is 13.7. The van der Waals surface area contributed by atoms with E-state index in [-0.39, 0.29) is 30.7 Å². The third-order valence-corrected chi connectivity index (χ3v) is 6.27. The van der Waals surface area contributed by atoms with E-state index in [9.17, 15) is 14.4 Å². The van der Waals surface area contributed by atoms with E-state index in [2.05, 4.69) is 11.4 Å². The summed E-state index contributed by atoms with van der Waals surface area (Å²) in [6.07, 6.45) is 3.14. The van der Waals surface area contributed by atoms with Gasteiger partial charge in [-0.1, -0.05) is 36.4 Å². The van der Waals surface area contributed by atoms with Crippen molar-refractivity contribution in [1.82, 2.24) is 5.32 Å². The van der Waals surface area contributed by atoms with Crippen molar-refractivity contribution >= 4 is 17.7 Å². The number of Topliss-reactive ketones (excluding diaryl/α,β-unsaturated/α-hetero) is 2. The highest BCUT2D eigenvalue weighted by atomic mass is 16.5. The zero-order valence-electron chi connectivity index (χ0n) is 20.6. The minimum Gasteiger partial charge on any atom is -0.449 e. The highest BCUT2D eigenvalue weighted by Crippen LogP contribution is 2.47. The van der Waals surface area contributed by atoms with Crippen LogP contribution in [0.2, 0.25) is 0 Å². The molecule has 188 valence electrons. The number of alkyl carbamates (subject to hydrolysis) is 1.